The van der Waals surface area contributed by atoms with E-state index in [0.717, 1.165) is 18.3 Å². The number of pyridine rings is 1. The molecular formula is C24H31ClFN. The van der Waals surface area contributed by atoms with Crippen molar-refractivity contribution < 1.29 is 4.39 Å². The van der Waals surface area contributed by atoms with E-state index in [9.17, 15) is 4.39 Å². The Kier molecular flexibility index (Phi) is 7.70. The summed E-state index contributed by atoms with van der Waals surface area (Å²) >= 11 is 5.82. The molecule has 1 aliphatic carbocycles. The summed E-state index contributed by atoms with van der Waals surface area (Å²) in [5, 5.41) is 0.410. The second-order valence-electron chi connectivity index (χ2n) is 8.10. The lowest BCUT2D eigenvalue weighted by atomic mass is 9.78. The molecule has 1 fully saturated rings. The van der Waals surface area contributed by atoms with Crippen molar-refractivity contribution >= 4 is 11.6 Å². The summed E-state index contributed by atoms with van der Waals surface area (Å²) in [5.41, 5.74) is 2.42. The maximum Gasteiger partial charge on any atom is 0.134 e. The molecule has 1 aliphatic rings. The number of rotatable bonds is 8. The average Bonchev–Trinajstić information content (AvgIpc) is 2.68. The Hall–Kier alpha value is -1.41. The second-order valence-corrected chi connectivity index (χ2v) is 8.53. The summed E-state index contributed by atoms with van der Waals surface area (Å²) in [7, 11) is 0. The van der Waals surface area contributed by atoms with Crippen molar-refractivity contribution in [3.63, 3.8) is 0 Å². The Balaban J connectivity index is 1.46. The van der Waals surface area contributed by atoms with E-state index in [1.807, 2.05) is 12.3 Å². The normalized spacial score (nSPS) is 20.0. The van der Waals surface area contributed by atoms with Gasteiger partial charge in [0.1, 0.15) is 5.82 Å². The van der Waals surface area contributed by atoms with Gasteiger partial charge in [0.25, 0.3) is 0 Å². The van der Waals surface area contributed by atoms with Gasteiger partial charge in [-0.15, -0.1) is 0 Å². The highest BCUT2D eigenvalue weighted by Gasteiger charge is 2.20. The molecule has 0 N–H and O–H groups in total. The fourth-order valence-corrected chi connectivity index (χ4v) is 4.45. The first-order chi connectivity index (χ1) is 13.2. The van der Waals surface area contributed by atoms with E-state index in [4.69, 9.17) is 11.6 Å². The third-order valence-corrected chi connectivity index (χ3v) is 6.29. The molecule has 0 bridgehead atoms. The zero-order valence-corrected chi connectivity index (χ0v) is 17.1. The Labute approximate surface area is 168 Å². The van der Waals surface area contributed by atoms with E-state index < -0.39 is 0 Å². The summed E-state index contributed by atoms with van der Waals surface area (Å²) in [5.74, 6) is 1.52. The van der Waals surface area contributed by atoms with Gasteiger partial charge >= 0.3 is 0 Å². The van der Waals surface area contributed by atoms with Crippen molar-refractivity contribution in [3.8, 4) is 11.3 Å². The Bertz CT molecular complexity index is 705. The van der Waals surface area contributed by atoms with Crippen LogP contribution in [-0.4, -0.2) is 4.98 Å². The van der Waals surface area contributed by atoms with Crippen LogP contribution in [-0.2, 0) is 6.42 Å². The van der Waals surface area contributed by atoms with Crippen molar-refractivity contribution in [2.45, 2.75) is 71.1 Å². The number of hydrogen-bond acceptors (Lipinski definition) is 1. The third kappa shape index (κ3) is 6.04. The topological polar surface area (TPSA) is 12.9 Å². The van der Waals surface area contributed by atoms with Crippen LogP contribution < -0.4 is 0 Å². The van der Waals surface area contributed by atoms with Crippen LogP contribution in [0, 0.1) is 17.7 Å². The number of unbranched alkanes of at least 4 members (excludes halogenated alkanes) is 2. The molecule has 1 aromatic carbocycles. The van der Waals surface area contributed by atoms with Crippen LogP contribution in [0.1, 0.15) is 70.3 Å². The lowest BCUT2D eigenvalue weighted by Gasteiger charge is -2.28. The van der Waals surface area contributed by atoms with Gasteiger partial charge in [-0.25, -0.2) is 4.39 Å². The standard InChI is InChI=1S/C24H31ClFN/c1-2-3-4-5-18-6-8-19(9-7-18)10-11-20-12-15-24(27-17-20)22-14-13-21(25)16-23(22)26/h12-19H,2-11H2,1H3/t18-,19-. The lowest BCUT2D eigenvalue weighted by molar-refractivity contribution is 0.249. The minimum Gasteiger partial charge on any atom is -0.256 e. The molecule has 0 amide bonds. The first-order valence-electron chi connectivity index (χ1n) is 10.6. The molecule has 0 atom stereocenters. The lowest BCUT2D eigenvalue weighted by Crippen LogP contribution is -2.15. The highest BCUT2D eigenvalue weighted by Crippen LogP contribution is 2.34. The first-order valence-corrected chi connectivity index (χ1v) is 10.9. The molecular weight excluding hydrogens is 357 g/mol. The molecule has 1 nitrogen and oxygen atoms in total. The molecule has 0 unspecified atom stereocenters. The largest absolute Gasteiger partial charge is 0.256 e. The summed E-state index contributed by atoms with van der Waals surface area (Å²) in [6.45, 7) is 2.28. The Morgan fingerprint density at radius 3 is 2.37 bits per heavy atom. The minimum atomic E-state index is -0.321. The van der Waals surface area contributed by atoms with Crippen LogP contribution >= 0.6 is 11.6 Å². The molecule has 3 heteroatoms. The SMILES string of the molecule is CCCCC[C@H]1CC[C@H](CCc2ccc(-c3ccc(Cl)cc3F)nc2)CC1. The van der Waals surface area contributed by atoms with E-state index in [0.29, 0.717) is 16.3 Å². The van der Waals surface area contributed by atoms with Crippen LogP contribution in [0.25, 0.3) is 11.3 Å². The fourth-order valence-electron chi connectivity index (χ4n) is 4.29. The Morgan fingerprint density at radius 2 is 1.74 bits per heavy atom. The van der Waals surface area contributed by atoms with Crippen LogP contribution in [0.4, 0.5) is 4.39 Å². The first kappa shape index (κ1) is 20.3. The predicted molar refractivity (Wildman–Crippen MR) is 113 cm³/mol. The van der Waals surface area contributed by atoms with E-state index in [-0.39, 0.29) is 5.82 Å². The van der Waals surface area contributed by atoms with Crippen LogP contribution in [0.3, 0.4) is 0 Å². The van der Waals surface area contributed by atoms with Gasteiger partial charge in [-0.3, -0.25) is 4.98 Å². The predicted octanol–water partition coefficient (Wildman–Crippen LogP) is 7.86. The van der Waals surface area contributed by atoms with Crippen molar-refractivity contribution in [2.24, 2.45) is 11.8 Å². The zero-order chi connectivity index (χ0) is 19.1. The van der Waals surface area contributed by atoms with Crippen LogP contribution in [0.15, 0.2) is 36.5 Å². The zero-order valence-electron chi connectivity index (χ0n) is 16.4. The summed E-state index contributed by atoms with van der Waals surface area (Å²) < 4.78 is 14.0. The molecule has 0 spiro atoms. The minimum absolute atomic E-state index is 0.321. The molecule has 0 aliphatic heterocycles. The highest BCUT2D eigenvalue weighted by atomic mass is 35.5. The molecule has 1 aromatic heterocycles. The monoisotopic (exact) mass is 387 g/mol. The maximum atomic E-state index is 14.0. The molecule has 0 saturated heterocycles. The van der Waals surface area contributed by atoms with Crippen LogP contribution in [0.2, 0.25) is 5.02 Å². The van der Waals surface area contributed by atoms with Gasteiger partial charge in [0.05, 0.1) is 5.69 Å². The number of aryl methyl sites for hydroxylation is 1. The van der Waals surface area contributed by atoms with Gasteiger partial charge in [0.15, 0.2) is 0 Å². The molecule has 1 heterocycles. The summed E-state index contributed by atoms with van der Waals surface area (Å²) in [4.78, 5) is 4.47. The number of aromatic nitrogens is 1. The third-order valence-electron chi connectivity index (χ3n) is 6.06. The number of hydrogen-bond donors (Lipinski definition) is 0. The van der Waals surface area contributed by atoms with Gasteiger partial charge in [0, 0.05) is 16.8 Å². The molecule has 1 saturated carbocycles. The maximum absolute atomic E-state index is 14.0. The summed E-state index contributed by atoms with van der Waals surface area (Å²) in [6, 6.07) is 8.75. The quantitative estimate of drug-likeness (QED) is 0.420. The molecule has 0 radical (unpaired) electrons. The molecule has 146 valence electrons. The Morgan fingerprint density at radius 1 is 1.00 bits per heavy atom. The molecule has 2 aromatic rings. The van der Waals surface area contributed by atoms with Gasteiger partial charge in [0.2, 0.25) is 0 Å². The summed E-state index contributed by atoms with van der Waals surface area (Å²) in [6.07, 6.45) is 15.4. The van der Waals surface area contributed by atoms with Gasteiger partial charge in [-0.05, 0) is 54.5 Å². The van der Waals surface area contributed by atoms with Gasteiger partial charge in [-0.2, -0.15) is 0 Å². The van der Waals surface area contributed by atoms with Gasteiger partial charge < -0.3 is 0 Å². The number of halogens is 2. The smallest absolute Gasteiger partial charge is 0.134 e. The van der Waals surface area contributed by atoms with E-state index in [1.165, 1.54) is 69.4 Å². The number of benzene rings is 1. The second kappa shape index (κ2) is 10.2. The van der Waals surface area contributed by atoms with Crippen molar-refractivity contribution in [2.75, 3.05) is 0 Å². The van der Waals surface area contributed by atoms with Crippen molar-refractivity contribution in [3.05, 3.63) is 52.9 Å². The number of nitrogens with zero attached hydrogens (tertiary/aromatic N) is 1. The van der Waals surface area contributed by atoms with Crippen molar-refractivity contribution in [1.82, 2.24) is 4.98 Å². The van der Waals surface area contributed by atoms with E-state index >= 15 is 0 Å². The van der Waals surface area contributed by atoms with Crippen molar-refractivity contribution in [1.29, 1.82) is 0 Å². The fraction of sp³-hybridized carbons (Fsp3) is 0.542. The highest BCUT2D eigenvalue weighted by molar-refractivity contribution is 6.30. The van der Waals surface area contributed by atoms with Crippen LogP contribution in [0.5, 0.6) is 0 Å². The van der Waals surface area contributed by atoms with Gasteiger partial charge in [-0.1, -0.05) is 76.0 Å². The average molecular weight is 388 g/mol. The van der Waals surface area contributed by atoms with E-state index in [1.54, 1.807) is 12.1 Å². The molecule has 3 rings (SSSR count). The van der Waals surface area contributed by atoms with E-state index in [2.05, 4.69) is 18.0 Å². The molecule has 27 heavy (non-hydrogen) atoms.